The lowest BCUT2D eigenvalue weighted by molar-refractivity contribution is -0.135. The number of nitrogens with one attached hydrogen (secondary N) is 1. The molecule has 1 N–H and O–H groups in total. The normalized spacial score (nSPS) is 14.9. The van der Waals surface area contributed by atoms with Crippen molar-refractivity contribution < 1.29 is 4.79 Å². The summed E-state index contributed by atoms with van der Waals surface area (Å²) in [6.07, 6.45) is 5.88. The summed E-state index contributed by atoms with van der Waals surface area (Å²) in [5.74, 6) is 1.59. The molecule has 0 fully saturated rings. The molecular formula is C29H30N6O. The average molecular weight is 479 g/mol. The van der Waals surface area contributed by atoms with E-state index in [0.717, 1.165) is 48.5 Å². The monoisotopic (exact) mass is 478 g/mol. The number of hydrogen-bond donors (Lipinski definition) is 1. The molecule has 1 aliphatic heterocycles. The first kappa shape index (κ1) is 23.6. The molecule has 0 spiro atoms. The number of H-pyrrole nitrogens is 1. The van der Waals surface area contributed by atoms with Crippen LogP contribution in [0.2, 0.25) is 0 Å². The van der Waals surface area contributed by atoms with Crippen molar-refractivity contribution in [2.24, 2.45) is 0 Å². The molecule has 36 heavy (non-hydrogen) atoms. The van der Waals surface area contributed by atoms with Gasteiger partial charge in [-0.1, -0.05) is 80.4 Å². The van der Waals surface area contributed by atoms with Crippen LogP contribution < -0.4 is 0 Å². The summed E-state index contributed by atoms with van der Waals surface area (Å²) in [5.41, 5.74) is 3.99. The zero-order valence-corrected chi connectivity index (χ0v) is 20.5. The van der Waals surface area contributed by atoms with Crippen molar-refractivity contribution in [1.82, 2.24) is 24.4 Å². The Kier molecular flexibility index (Phi) is 6.94. The number of benzene rings is 2. The number of carbonyl (C=O) groups excluding carboxylic acids is 1. The van der Waals surface area contributed by atoms with Gasteiger partial charge in [0.25, 0.3) is 0 Å². The van der Waals surface area contributed by atoms with Gasteiger partial charge in [0.1, 0.15) is 17.7 Å². The number of nitrogens with zero attached hydrogens (tertiary/aromatic N) is 5. The first-order valence-corrected chi connectivity index (χ1v) is 12.6. The molecule has 0 aliphatic carbocycles. The molecule has 7 heteroatoms. The molecule has 7 nitrogen and oxygen atoms in total. The van der Waals surface area contributed by atoms with Crippen molar-refractivity contribution in [3.05, 3.63) is 95.5 Å². The van der Waals surface area contributed by atoms with Crippen molar-refractivity contribution >= 4 is 5.91 Å². The van der Waals surface area contributed by atoms with Gasteiger partial charge in [-0.05, 0) is 12.0 Å². The largest absolute Gasteiger partial charge is 0.344 e. The van der Waals surface area contributed by atoms with E-state index in [0.29, 0.717) is 30.2 Å². The third kappa shape index (κ3) is 5.08. The highest BCUT2D eigenvalue weighted by Gasteiger charge is 2.31. The Balaban J connectivity index is 1.36. The highest BCUT2D eigenvalue weighted by molar-refractivity contribution is 5.79. The van der Waals surface area contributed by atoms with Crippen molar-refractivity contribution in [2.45, 2.75) is 58.2 Å². The standard InChI is InChI=1S/C29H30N6O/c1-2-3-14-23-18-34-19-26(22-12-8-5-9-13-22)33-28(34)20-35(23)29(36)16-24-25(17-30)32-27(31-24)15-21-10-6-4-7-11-21/h4-13,19,23H,2-3,14-16,18,20H2,1H3,(H,31,32). The Bertz CT molecular complexity index is 1370. The van der Waals surface area contributed by atoms with E-state index in [1.165, 1.54) is 0 Å². The summed E-state index contributed by atoms with van der Waals surface area (Å²) >= 11 is 0. The fourth-order valence-electron chi connectivity index (χ4n) is 4.88. The van der Waals surface area contributed by atoms with Gasteiger partial charge in [0.15, 0.2) is 5.69 Å². The molecule has 3 heterocycles. The van der Waals surface area contributed by atoms with Gasteiger partial charge in [-0.15, -0.1) is 0 Å². The van der Waals surface area contributed by atoms with E-state index in [9.17, 15) is 10.1 Å². The van der Waals surface area contributed by atoms with Crippen LogP contribution >= 0.6 is 0 Å². The number of unbranched alkanes of at least 4 members (excludes halogenated alkanes) is 1. The maximum atomic E-state index is 13.6. The van der Waals surface area contributed by atoms with E-state index in [1.807, 2.05) is 53.4 Å². The third-order valence-corrected chi connectivity index (χ3v) is 6.78. The van der Waals surface area contributed by atoms with Gasteiger partial charge in [-0.2, -0.15) is 5.26 Å². The minimum Gasteiger partial charge on any atom is -0.344 e. The second kappa shape index (κ2) is 10.6. The van der Waals surface area contributed by atoms with E-state index in [1.54, 1.807) is 0 Å². The molecule has 0 radical (unpaired) electrons. The molecule has 1 atom stereocenters. The minimum atomic E-state index is -0.00183. The molecule has 1 amide bonds. The molecule has 2 aromatic carbocycles. The van der Waals surface area contributed by atoms with Crippen LogP contribution in [0.25, 0.3) is 11.3 Å². The first-order chi connectivity index (χ1) is 17.6. The first-order valence-electron chi connectivity index (χ1n) is 12.6. The number of imidazole rings is 2. The van der Waals surface area contributed by atoms with E-state index in [4.69, 9.17) is 4.98 Å². The van der Waals surface area contributed by atoms with Crippen molar-refractivity contribution in [2.75, 3.05) is 0 Å². The van der Waals surface area contributed by atoms with Gasteiger partial charge in [0.2, 0.25) is 5.91 Å². The summed E-state index contributed by atoms with van der Waals surface area (Å²) in [7, 11) is 0. The number of fused-ring (bicyclic) bond motifs is 1. The molecule has 1 aliphatic rings. The molecule has 1 unspecified atom stereocenters. The maximum absolute atomic E-state index is 13.6. The molecule has 0 saturated carbocycles. The Morgan fingerprint density at radius 3 is 2.58 bits per heavy atom. The predicted octanol–water partition coefficient (Wildman–Crippen LogP) is 4.88. The van der Waals surface area contributed by atoms with Crippen LogP contribution in [0, 0.1) is 11.3 Å². The van der Waals surface area contributed by atoms with E-state index >= 15 is 0 Å². The highest BCUT2D eigenvalue weighted by atomic mass is 16.2. The number of rotatable bonds is 8. The average Bonchev–Trinajstić information content (AvgIpc) is 3.51. The number of aromatic nitrogens is 4. The third-order valence-electron chi connectivity index (χ3n) is 6.78. The molecule has 0 saturated heterocycles. The molecular weight excluding hydrogens is 448 g/mol. The minimum absolute atomic E-state index is 0.00183. The number of amides is 1. The van der Waals surface area contributed by atoms with Crippen LogP contribution in [0.1, 0.15) is 54.8 Å². The fourth-order valence-corrected chi connectivity index (χ4v) is 4.88. The van der Waals surface area contributed by atoms with E-state index < -0.39 is 0 Å². The van der Waals surface area contributed by atoms with E-state index in [2.05, 4.69) is 45.9 Å². The lowest BCUT2D eigenvalue weighted by Gasteiger charge is -2.36. The second-order valence-corrected chi connectivity index (χ2v) is 9.34. The van der Waals surface area contributed by atoms with Crippen molar-refractivity contribution in [3.8, 4) is 17.3 Å². The Hall–Kier alpha value is -4.18. The van der Waals surface area contributed by atoms with Gasteiger partial charge in [0.05, 0.1) is 30.4 Å². The second-order valence-electron chi connectivity index (χ2n) is 9.34. The topological polar surface area (TPSA) is 90.6 Å². The Morgan fingerprint density at radius 2 is 1.86 bits per heavy atom. The molecule has 5 rings (SSSR count). The number of hydrogen-bond acceptors (Lipinski definition) is 4. The van der Waals surface area contributed by atoms with Gasteiger partial charge >= 0.3 is 0 Å². The number of nitriles is 1. The summed E-state index contributed by atoms with van der Waals surface area (Å²) in [4.78, 5) is 28.1. The van der Waals surface area contributed by atoms with Crippen LogP contribution in [0.4, 0.5) is 0 Å². The Labute approximate surface area is 211 Å². The number of carbonyl (C=O) groups is 1. The van der Waals surface area contributed by atoms with E-state index in [-0.39, 0.29) is 18.4 Å². The lowest BCUT2D eigenvalue weighted by atomic mass is 10.0. The van der Waals surface area contributed by atoms with Gasteiger partial charge in [-0.25, -0.2) is 9.97 Å². The summed E-state index contributed by atoms with van der Waals surface area (Å²) in [5, 5.41) is 9.66. The Morgan fingerprint density at radius 1 is 1.11 bits per heavy atom. The van der Waals surface area contributed by atoms with Crippen LogP contribution in [0.15, 0.2) is 66.9 Å². The molecule has 4 aromatic rings. The summed E-state index contributed by atoms with van der Waals surface area (Å²) in [6.45, 7) is 3.37. The maximum Gasteiger partial charge on any atom is 0.229 e. The zero-order chi connectivity index (χ0) is 24.9. The lowest BCUT2D eigenvalue weighted by Crippen LogP contribution is -2.47. The van der Waals surface area contributed by atoms with Crippen LogP contribution in [0.5, 0.6) is 0 Å². The molecule has 2 aromatic heterocycles. The van der Waals surface area contributed by atoms with Crippen LogP contribution in [-0.4, -0.2) is 36.4 Å². The fraction of sp³-hybridized carbons (Fsp3) is 0.310. The molecule has 182 valence electrons. The van der Waals surface area contributed by atoms with Crippen molar-refractivity contribution in [1.29, 1.82) is 5.26 Å². The SMILES string of the molecule is CCCCC1Cn2cc(-c3ccccc3)nc2CN1C(=O)Cc1[nH]c(Cc2ccccc2)nc1C#N. The highest BCUT2D eigenvalue weighted by Crippen LogP contribution is 2.26. The number of aromatic amines is 1. The summed E-state index contributed by atoms with van der Waals surface area (Å²) in [6, 6.07) is 22.4. The van der Waals surface area contributed by atoms with Gasteiger partial charge in [0, 0.05) is 24.7 Å². The predicted molar refractivity (Wildman–Crippen MR) is 138 cm³/mol. The van der Waals surface area contributed by atoms with Crippen LogP contribution in [0.3, 0.4) is 0 Å². The quantitative estimate of drug-likeness (QED) is 0.391. The van der Waals surface area contributed by atoms with Gasteiger partial charge < -0.3 is 14.5 Å². The zero-order valence-electron chi connectivity index (χ0n) is 20.5. The summed E-state index contributed by atoms with van der Waals surface area (Å²) < 4.78 is 2.20. The van der Waals surface area contributed by atoms with Crippen LogP contribution in [-0.2, 0) is 30.7 Å². The smallest absolute Gasteiger partial charge is 0.229 e. The van der Waals surface area contributed by atoms with Crippen molar-refractivity contribution in [3.63, 3.8) is 0 Å². The van der Waals surface area contributed by atoms with Gasteiger partial charge in [-0.3, -0.25) is 4.79 Å². The molecule has 0 bridgehead atoms.